The Morgan fingerprint density at radius 1 is 1.07 bits per heavy atom. The number of aliphatic hydroxyl groups excluding tert-OH is 1. The van der Waals surface area contributed by atoms with E-state index in [1.807, 2.05) is 35.6 Å². The van der Waals surface area contributed by atoms with Crippen LogP contribution in [0, 0.1) is 0 Å². The van der Waals surface area contributed by atoms with E-state index in [1.165, 1.54) is 0 Å². The molecule has 0 fully saturated rings. The second-order valence-electron chi connectivity index (χ2n) is 9.16. The SMILES string of the molecule is O=C(NCC(F)(F)F)[C@]1(C/C=C/c2ccccc2)N=C(c2ccc(OCCCO)cc2)O[C@@H]1c1ccc(Br)cc1. The van der Waals surface area contributed by atoms with Crippen molar-refractivity contribution >= 4 is 33.8 Å². The fourth-order valence-electron chi connectivity index (χ4n) is 4.23. The summed E-state index contributed by atoms with van der Waals surface area (Å²) in [5.74, 6) is -0.195. The molecule has 0 radical (unpaired) electrons. The summed E-state index contributed by atoms with van der Waals surface area (Å²) in [6, 6.07) is 23.2. The minimum atomic E-state index is -4.60. The lowest BCUT2D eigenvalue weighted by molar-refractivity contribution is -0.143. The number of hydrogen-bond acceptors (Lipinski definition) is 5. The van der Waals surface area contributed by atoms with E-state index in [0.29, 0.717) is 29.9 Å². The first-order chi connectivity index (χ1) is 19.2. The molecule has 1 aliphatic heterocycles. The van der Waals surface area contributed by atoms with E-state index in [9.17, 15) is 18.0 Å². The Morgan fingerprint density at radius 3 is 2.42 bits per heavy atom. The van der Waals surface area contributed by atoms with E-state index in [1.54, 1.807) is 60.7 Å². The van der Waals surface area contributed by atoms with Gasteiger partial charge >= 0.3 is 6.18 Å². The molecule has 0 bridgehead atoms. The Kier molecular flexibility index (Phi) is 9.65. The van der Waals surface area contributed by atoms with E-state index >= 15 is 0 Å². The summed E-state index contributed by atoms with van der Waals surface area (Å²) in [5, 5.41) is 11.0. The van der Waals surface area contributed by atoms with Gasteiger partial charge in [0, 0.05) is 29.5 Å². The molecule has 3 aromatic carbocycles. The first-order valence-corrected chi connectivity index (χ1v) is 13.4. The molecule has 2 atom stereocenters. The van der Waals surface area contributed by atoms with Gasteiger partial charge in [0.1, 0.15) is 12.3 Å². The largest absolute Gasteiger partial charge is 0.494 e. The highest BCUT2D eigenvalue weighted by Crippen LogP contribution is 2.43. The number of benzene rings is 3. The summed E-state index contributed by atoms with van der Waals surface area (Å²) in [6.07, 6.45) is -1.60. The molecule has 4 rings (SSSR count). The Morgan fingerprint density at radius 2 is 1.77 bits per heavy atom. The number of aliphatic imine (C=N–C) groups is 1. The summed E-state index contributed by atoms with van der Waals surface area (Å²) in [5.41, 5.74) is 0.277. The topological polar surface area (TPSA) is 80.2 Å². The quantitative estimate of drug-likeness (QED) is 0.250. The van der Waals surface area contributed by atoms with Gasteiger partial charge in [0.05, 0.1) is 6.61 Å². The second-order valence-corrected chi connectivity index (χ2v) is 10.1. The van der Waals surface area contributed by atoms with Gasteiger partial charge in [-0.1, -0.05) is 70.5 Å². The Hall–Kier alpha value is -3.63. The first kappa shape index (κ1) is 29.4. The predicted molar refractivity (Wildman–Crippen MR) is 150 cm³/mol. The van der Waals surface area contributed by atoms with Crippen molar-refractivity contribution in [2.45, 2.75) is 30.7 Å². The average molecular weight is 617 g/mol. The Balaban J connectivity index is 1.73. The zero-order chi connectivity index (χ0) is 28.6. The maximum absolute atomic E-state index is 13.6. The third-order valence-electron chi connectivity index (χ3n) is 6.19. The fraction of sp³-hybridized carbons (Fsp3) is 0.267. The highest BCUT2D eigenvalue weighted by Gasteiger charge is 2.53. The highest BCUT2D eigenvalue weighted by molar-refractivity contribution is 9.10. The van der Waals surface area contributed by atoms with Gasteiger partial charge in [-0.15, -0.1) is 0 Å². The van der Waals surface area contributed by atoms with Crippen LogP contribution in [0.4, 0.5) is 13.2 Å². The van der Waals surface area contributed by atoms with Gasteiger partial charge in [0.25, 0.3) is 5.91 Å². The van der Waals surface area contributed by atoms with Crippen LogP contribution < -0.4 is 10.1 Å². The van der Waals surface area contributed by atoms with Crippen LogP contribution in [0.15, 0.2) is 94.4 Å². The van der Waals surface area contributed by atoms with Crippen LogP contribution in [-0.4, -0.2) is 48.4 Å². The summed E-state index contributed by atoms with van der Waals surface area (Å²) in [4.78, 5) is 18.3. The Bertz CT molecular complexity index is 1330. The molecule has 0 aliphatic carbocycles. The maximum atomic E-state index is 13.6. The van der Waals surface area contributed by atoms with Gasteiger partial charge in [0.15, 0.2) is 11.6 Å². The lowest BCUT2D eigenvalue weighted by Crippen LogP contribution is -2.50. The standard InChI is InChI=1S/C30H28BrF3N2O4/c31-24-13-9-22(10-14-24)26-29(28(38)35-20-30(32,33)34,17-4-8-21-6-2-1-3-7-21)36-27(40-26)23-11-15-25(16-12-23)39-19-5-18-37/h1-4,6-16,26,37H,5,17-20H2,(H,35,38)/b8-4+/t26-,29-/m1/s1. The number of ether oxygens (including phenoxy) is 2. The van der Waals surface area contributed by atoms with Crippen molar-refractivity contribution in [3.05, 3.63) is 106 Å². The van der Waals surface area contributed by atoms with Crippen molar-refractivity contribution in [2.24, 2.45) is 4.99 Å². The number of carbonyl (C=O) groups excluding carboxylic acids is 1. The molecular formula is C30H28BrF3N2O4. The second kappa shape index (κ2) is 13.1. The van der Waals surface area contributed by atoms with E-state index < -0.39 is 30.3 Å². The number of nitrogens with zero attached hydrogens (tertiary/aromatic N) is 1. The summed E-state index contributed by atoms with van der Waals surface area (Å²) >= 11 is 3.39. The molecular weight excluding hydrogens is 589 g/mol. The van der Waals surface area contributed by atoms with Crippen molar-refractivity contribution in [2.75, 3.05) is 19.8 Å². The average Bonchev–Trinajstić information content (AvgIpc) is 3.33. The number of aliphatic hydroxyl groups is 1. The zero-order valence-electron chi connectivity index (χ0n) is 21.4. The predicted octanol–water partition coefficient (Wildman–Crippen LogP) is 6.25. The molecule has 1 amide bonds. The van der Waals surface area contributed by atoms with Crippen molar-refractivity contribution in [3.8, 4) is 5.75 Å². The minimum Gasteiger partial charge on any atom is -0.494 e. The Labute approximate surface area is 238 Å². The molecule has 0 saturated heterocycles. The third-order valence-corrected chi connectivity index (χ3v) is 6.72. The van der Waals surface area contributed by atoms with Gasteiger partial charge in [-0.25, -0.2) is 4.99 Å². The number of nitrogens with one attached hydrogen (secondary N) is 1. The van der Waals surface area contributed by atoms with Crippen molar-refractivity contribution in [3.63, 3.8) is 0 Å². The molecule has 40 heavy (non-hydrogen) atoms. The van der Waals surface area contributed by atoms with Gasteiger partial charge in [-0.3, -0.25) is 4.79 Å². The molecule has 2 N–H and O–H groups in total. The molecule has 210 valence electrons. The van der Waals surface area contributed by atoms with Crippen LogP contribution in [0.25, 0.3) is 6.08 Å². The van der Waals surface area contributed by atoms with Crippen molar-refractivity contribution < 1.29 is 32.5 Å². The normalized spacial score (nSPS) is 18.8. The van der Waals surface area contributed by atoms with Gasteiger partial charge < -0.3 is 19.9 Å². The van der Waals surface area contributed by atoms with Crippen molar-refractivity contribution in [1.82, 2.24) is 5.32 Å². The van der Waals surface area contributed by atoms with Gasteiger partial charge in [-0.05, 0) is 47.5 Å². The minimum absolute atomic E-state index is 0.0113. The van der Waals surface area contributed by atoms with E-state index in [-0.39, 0.29) is 18.9 Å². The number of amides is 1. The van der Waals surface area contributed by atoms with E-state index in [2.05, 4.69) is 20.9 Å². The molecule has 1 aliphatic rings. The number of alkyl halides is 3. The zero-order valence-corrected chi connectivity index (χ0v) is 23.0. The molecule has 0 spiro atoms. The molecule has 6 nitrogen and oxygen atoms in total. The van der Waals surface area contributed by atoms with Gasteiger partial charge in [0.2, 0.25) is 5.90 Å². The lowest BCUT2D eigenvalue weighted by atomic mass is 9.84. The number of halogens is 4. The monoisotopic (exact) mass is 616 g/mol. The number of hydrogen-bond donors (Lipinski definition) is 2. The molecule has 0 aromatic heterocycles. The number of carbonyl (C=O) groups is 1. The highest BCUT2D eigenvalue weighted by atomic mass is 79.9. The molecule has 10 heteroatoms. The lowest BCUT2D eigenvalue weighted by Gasteiger charge is -2.30. The molecule has 0 unspecified atom stereocenters. The fourth-order valence-corrected chi connectivity index (χ4v) is 4.49. The first-order valence-electron chi connectivity index (χ1n) is 12.6. The van der Waals surface area contributed by atoms with Crippen LogP contribution in [0.2, 0.25) is 0 Å². The van der Waals surface area contributed by atoms with Crippen LogP contribution in [0.3, 0.4) is 0 Å². The van der Waals surface area contributed by atoms with E-state index in [0.717, 1.165) is 10.0 Å². The molecule has 3 aromatic rings. The van der Waals surface area contributed by atoms with Crippen LogP contribution in [0.5, 0.6) is 5.75 Å². The number of rotatable bonds is 11. The maximum Gasteiger partial charge on any atom is 0.405 e. The summed E-state index contributed by atoms with van der Waals surface area (Å²) in [7, 11) is 0. The summed E-state index contributed by atoms with van der Waals surface area (Å²) < 4.78 is 52.0. The molecule has 0 saturated carbocycles. The smallest absolute Gasteiger partial charge is 0.405 e. The van der Waals surface area contributed by atoms with Crippen molar-refractivity contribution in [1.29, 1.82) is 0 Å². The molecule has 1 heterocycles. The van der Waals surface area contributed by atoms with Crippen LogP contribution in [-0.2, 0) is 9.53 Å². The summed E-state index contributed by atoms with van der Waals surface area (Å²) in [6.45, 7) is -1.14. The van der Waals surface area contributed by atoms with Crippen LogP contribution >= 0.6 is 15.9 Å². The van der Waals surface area contributed by atoms with Crippen LogP contribution in [0.1, 0.15) is 35.6 Å². The van der Waals surface area contributed by atoms with Gasteiger partial charge in [-0.2, -0.15) is 13.2 Å². The van der Waals surface area contributed by atoms with E-state index in [4.69, 9.17) is 14.6 Å². The third kappa shape index (κ3) is 7.51.